The lowest BCUT2D eigenvalue weighted by molar-refractivity contribution is -0.144. The largest absolute Gasteiger partial charge is 0.465 e. The molecule has 0 fully saturated rings. The second-order valence-corrected chi connectivity index (χ2v) is 9.55. The third-order valence-corrected chi connectivity index (χ3v) is 6.28. The number of hydrogen-bond donors (Lipinski definition) is 5. The Morgan fingerprint density at radius 1 is 0.917 bits per heavy atom. The highest BCUT2D eigenvalue weighted by atomic mass is 16.5. The Morgan fingerprint density at radius 2 is 1.50 bits per heavy atom. The average Bonchev–Trinajstić information content (AvgIpc) is 2.87. The Hall–Kier alpha value is -2.00. The Morgan fingerprint density at radius 3 is 2.11 bits per heavy atom. The molecule has 0 heterocycles. The monoisotopic (exact) mass is 507 g/mol. The SMILES string of the molecule is CCCCCCCCCC(=O)NC(O)(CNCc1ccc(C(=O)OC)cc1)C(O)NCCCCCC. The van der Waals surface area contributed by atoms with Crippen molar-refractivity contribution < 1.29 is 24.5 Å². The number of methoxy groups -OCH3 is 1. The van der Waals surface area contributed by atoms with Gasteiger partial charge in [-0.1, -0.05) is 83.8 Å². The number of aliphatic hydroxyl groups excluding tert-OH is 1. The first kappa shape index (κ1) is 32.0. The number of hydrogen-bond acceptors (Lipinski definition) is 7. The summed E-state index contributed by atoms with van der Waals surface area (Å²) >= 11 is 0. The molecule has 1 aromatic rings. The molecule has 2 atom stereocenters. The van der Waals surface area contributed by atoms with Gasteiger partial charge in [0.25, 0.3) is 0 Å². The van der Waals surface area contributed by atoms with Crippen LogP contribution in [0, 0.1) is 0 Å². The summed E-state index contributed by atoms with van der Waals surface area (Å²) in [6.45, 7) is 5.22. The standard InChI is InChI=1S/C28H49N3O5/c1-4-6-8-10-11-12-13-15-25(32)31-28(35,27(34)30-20-14-9-7-5-2)22-29-21-23-16-18-24(19-17-23)26(33)36-3/h16-19,27,29-30,34-35H,4-15,20-22H2,1-3H3,(H,31,32). The molecule has 1 aromatic carbocycles. The van der Waals surface area contributed by atoms with Gasteiger partial charge in [0.05, 0.1) is 12.7 Å². The van der Waals surface area contributed by atoms with E-state index in [0.29, 0.717) is 25.1 Å². The normalized spacial score (nSPS) is 13.7. The molecule has 36 heavy (non-hydrogen) atoms. The second-order valence-electron chi connectivity index (χ2n) is 9.55. The van der Waals surface area contributed by atoms with E-state index in [2.05, 4.69) is 29.8 Å². The van der Waals surface area contributed by atoms with Gasteiger partial charge >= 0.3 is 5.97 Å². The topological polar surface area (TPSA) is 120 Å². The summed E-state index contributed by atoms with van der Waals surface area (Å²) in [4.78, 5) is 24.2. The fraction of sp³-hybridized carbons (Fsp3) is 0.714. The third kappa shape index (κ3) is 13.3. The van der Waals surface area contributed by atoms with E-state index in [1.807, 2.05) is 0 Å². The lowest BCUT2D eigenvalue weighted by Gasteiger charge is -2.34. The summed E-state index contributed by atoms with van der Waals surface area (Å²) < 4.78 is 4.71. The van der Waals surface area contributed by atoms with Gasteiger partial charge in [-0.2, -0.15) is 0 Å². The van der Waals surface area contributed by atoms with Crippen molar-refractivity contribution in [1.82, 2.24) is 16.0 Å². The van der Waals surface area contributed by atoms with Crippen LogP contribution in [0.3, 0.4) is 0 Å². The maximum atomic E-state index is 12.6. The Balaban J connectivity index is 2.61. The van der Waals surface area contributed by atoms with Crippen LogP contribution in [-0.4, -0.2) is 54.2 Å². The van der Waals surface area contributed by atoms with Crippen LogP contribution in [0.4, 0.5) is 0 Å². The highest BCUT2D eigenvalue weighted by molar-refractivity contribution is 5.89. The van der Waals surface area contributed by atoms with Gasteiger partial charge in [0, 0.05) is 19.5 Å². The van der Waals surface area contributed by atoms with Crippen molar-refractivity contribution >= 4 is 11.9 Å². The van der Waals surface area contributed by atoms with E-state index in [1.165, 1.54) is 32.8 Å². The zero-order chi connectivity index (χ0) is 26.7. The molecule has 0 saturated heterocycles. The van der Waals surface area contributed by atoms with Gasteiger partial charge in [0.2, 0.25) is 5.91 Å². The summed E-state index contributed by atoms with van der Waals surface area (Å²) in [7, 11) is 1.34. The molecular formula is C28H49N3O5. The lowest BCUT2D eigenvalue weighted by Crippen LogP contribution is -2.66. The molecule has 1 amide bonds. The number of ether oxygens (including phenoxy) is 1. The minimum atomic E-state index is -1.85. The smallest absolute Gasteiger partial charge is 0.337 e. The van der Waals surface area contributed by atoms with Crippen molar-refractivity contribution in [2.24, 2.45) is 0 Å². The number of benzene rings is 1. The third-order valence-electron chi connectivity index (χ3n) is 6.28. The van der Waals surface area contributed by atoms with Crippen molar-refractivity contribution in [3.63, 3.8) is 0 Å². The molecule has 0 spiro atoms. The summed E-state index contributed by atoms with van der Waals surface area (Å²) in [6, 6.07) is 6.93. The maximum absolute atomic E-state index is 12.6. The molecule has 0 bridgehead atoms. The van der Waals surface area contributed by atoms with Gasteiger partial charge < -0.3 is 25.6 Å². The van der Waals surface area contributed by atoms with E-state index >= 15 is 0 Å². The van der Waals surface area contributed by atoms with Crippen molar-refractivity contribution in [1.29, 1.82) is 0 Å². The van der Waals surface area contributed by atoms with Crippen molar-refractivity contribution in [3.8, 4) is 0 Å². The molecule has 0 radical (unpaired) electrons. The number of nitrogens with one attached hydrogen (secondary N) is 3. The van der Waals surface area contributed by atoms with Gasteiger partial charge in [-0.25, -0.2) is 4.79 Å². The maximum Gasteiger partial charge on any atom is 0.337 e. The number of amides is 1. The first-order valence-electron chi connectivity index (χ1n) is 13.7. The van der Waals surface area contributed by atoms with Gasteiger partial charge in [-0.05, 0) is 37.1 Å². The Kier molecular flexibility index (Phi) is 17.0. The molecule has 8 nitrogen and oxygen atoms in total. The zero-order valence-corrected chi connectivity index (χ0v) is 22.6. The van der Waals surface area contributed by atoms with Gasteiger partial charge in [0.15, 0.2) is 12.0 Å². The molecule has 2 unspecified atom stereocenters. The molecule has 0 saturated carbocycles. The molecule has 0 aliphatic carbocycles. The molecule has 206 valence electrons. The van der Waals surface area contributed by atoms with E-state index < -0.39 is 17.9 Å². The fourth-order valence-electron chi connectivity index (χ4n) is 3.99. The van der Waals surface area contributed by atoms with Crippen LogP contribution in [0.25, 0.3) is 0 Å². The number of rotatable bonds is 21. The molecule has 1 rings (SSSR count). The van der Waals surface area contributed by atoms with Crippen LogP contribution in [0.2, 0.25) is 0 Å². The van der Waals surface area contributed by atoms with Crippen LogP contribution in [-0.2, 0) is 16.1 Å². The number of unbranched alkanes of at least 4 members (excludes halogenated alkanes) is 9. The van der Waals surface area contributed by atoms with Crippen molar-refractivity contribution in [2.75, 3.05) is 20.2 Å². The summed E-state index contributed by atoms with van der Waals surface area (Å²) in [6.07, 6.45) is 10.9. The van der Waals surface area contributed by atoms with Gasteiger partial charge in [-0.3, -0.25) is 10.1 Å². The molecule has 0 aromatic heterocycles. The molecule has 0 aliphatic heterocycles. The summed E-state index contributed by atoms with van der Waals surface area (Å²) in [5.74, 6) is -0.678. The second kappa shape index (κ2) is 19.2. The predicted molar refractivity (Wildman–Crippen MR) is 143 cm³/mol. The zero-order valence-electron chi connectivity index (χ0n) is 22.6. The van der Waals surface area contributed by atoms with Crippen LogP contribution in [0.1, 0.15) is 107 Å². The van der Waals surface area contributed by atoms with Crippen LogP contribution in [0.15, 0.2) is 24.3 Å². The van der Waals surface area contributed by atoms with E-state index in [4.69, 9.17) is 4.74 Å². The summed E-state index contributed by atoms with van der Waals surface area (Å²) in [5, 5.41) is 30.7. The van der Waals surface area contributed by atoms with E-state index in [9.17, 15) is 19.8 Å². The predicted octanol–water partition coefficient (Wildman–Crippen LogP) is 4.00. The van der Waals surface area contributed by atoms with Gasteiger partial charge in [0.1, 0.15) is 0 Å². The fourth-order valence-corrected chi connectivity index (χ4v) is 3.99. The quantitative estimate of drug-likeness (QED) is 0.0969. The van der Waals surface area contributed by atoms with E-state index in [-0.39, 0.29) is 12.5 Å². The number of carbonyl (C=O) groups excluding carboxylic acids is 2. The highest BCUT2D eigenvalue weighted by Gasteiger charge is 2.36. The van der Waals surface area contributed by atoms with Crippen molar-refractivity contribution in [2.45, 2.75) is 109 Å². The average molecular weight is 508 g/mol. The van der Waals surface area contributed by atoms with Crippen molar-refractivity contribution in [3.05, 3.63) is 35.4 Å². The molecular weight excluding hydrogens is 458 g/mol. The molecule has 5 N–H and O–H groups in total. The summed E-state index contributed by atoms with van der Waals surface area (Å²) in [5.41, 5.74) is -0.506. The molecule has 0 aliphatic rings. The highest BCUT2D eigenvalue weighted by Crippen LogP contribution is 2.11. The minimum Gasteiger partial charge on any atom is -0.465 e. The minimum absolute atomic E-state index is 0.0440. The van der Waals surface area contributed by atoms with Gasteiger partial charge in [-0.15, -0.1) is 0 Å². The number of aliphatic hydroxyl groups is 2. The molecule has 8 heteroatoms. The number of esters is 1. The number of carbonyl (C=O) groups is 2. The van der Waals surface area contributed by atoms with E-state index in [0.717, 1.165) is 50.5 Å². The van der Waals surface area contributed by atoms with Crippen LogP contribution < -0.4 is 16.0 Å². The first-order valence-corrected chi connectivity index (χ1v) is 13.7. The van der Waals surface area contributed by atoms with E-state index in [1.54, 1.807) is 24.3 Å². The van der Waals surface area contributed by atoms with Crippen LogP contribution in [0.5, 0.6) is 0 Å². The first-order chi connectivity index (χ1) is 17.4. The Labute approximate surface area is 217 Å². The lowest BCUT2D eigenvalue weighted by atomic mass is 10.1. The van der Waals surface area contributed by atoms with Crippen LogP contribution >= 0.6 is 0 Å². The Bertz CT molecular complexity index is 728.